The number of anilines is 1. The van der Waals surface area contributed by atoms with Crippen LogP contribution in [0.15, 0.2) is 99.1 Å². The van der Waals surface area contributed by atoms with Crippen molar-refractivity contribution in [1.82, 2.24) is 4.90 Å². The van der Waals surface area contributed by atoms with Crippen molar-refractivity contribution >= 4 is 46.0 Å². The van der Waals surface area contributed by atoms with Crippen molar-refractivity contribution in [2.24, 2.45) is 10.9 Å². The van der Waals surface area contributed by atoms with E-state index in [2.05, 4.69) is 109 Å². The molecule has 7 aliphatic rings. The molecular formula is C43H43N3OS. The van der Waals surface area contributed by atoms with E-state index in [1.54, 1.807) is 11.3 Å². The lowest BCUT2D eigenvalue weighted by atomic mass is 9.79. The van der Waals surface area contributed by atoms with Crippen LogP contribution in [-0.4, -0.2) is 22.8 Å². The van der Waals surface area contributed by atoms with Gasteiger partial charge in [-0.15, -0.1) is 11.3 Å². The fourth-order valence-corrected chi connectivity index (χ4v) is 10.8. The molecule has 3 aromatic rings. The molecule has 6 unspecified atom stereocenters. The fraction of sp³-hybridized carbons (Fsp3) is 0.372. The summed E-state index contributed by atoms with van der Waals surface area (Å²) in [7, 11) is 0. The number of fused-ring (bicyclic) bond motifs is 9. The van der Waals surface area contributed by atoms with Gasteiger partial charge in [0.05, 0.1) is 34.6 Å². The van der Waals surface area contributed by atoms with E-state index in [0.29, 0.717) is 23.9 Å². The van der Waals surface area contributed by atoms with E-state index in [0.717, 1.165) is 49.4 Å². The van der Waals surface area contributed by atoms with Gasteiger partial charge in [0, 0.05) is 39.1 Å². The van der Waals surface area contributed by atoms with Gasteiger partial charge >= 0.3 is 0 Å². The van der Waals surface area contributed by atoms with Crippen molar-refractivity contribution in [3.8, 4) is 0 Å². The van der Waals surface area contributed by atoms with Crippen molar-refractivity contribution in [3.63, 3.8) is 0 Å². The minimum absolute atomic E-state index is 0.0435. The Kier molecular flexibility index (Phi) is 6.76. The second-order valence-electron chi connectivity index (χ2n) is 15.0. The summed E-state index contributed by atoms with van der Waals surface area (Å²) >= 11 is 1.97. The van der Waals surface area contributed by atoms with Crippen molar-refractivity contribution in [2.75, 3.05) is 5.32 Å². The Hall–Kier alpha value is -4.09. The van der Waals surface area contributed by atoms with Gasteiger partial charge in [0.1, 0.15) is 17.2 Å². The van der Waals surface area contributed by atoms with Gasteiger partial charge in [-0.05, 0) is 67.9 Å². The average Bonchev–Trinajstić information content (AvgIpc) is 3.79. The number of thiophene rings is 1. The molecule has 0 saturated heterocycles. The van der Waals surface area contributed by atoms with Gasteiger partial charge in [-0.25, -0.2) is 0 Å². The summed E-state index contributed by atoms with van der Waals surface area (Å²) in [5.41, 5.74) is 10.7. The third-order valence-electron chi connectivity index (χ3n) is 11.8. The summed E-state index contributed by atoms with van der Waals surface area (Å²) in [5.74, 6) is 3.75. The number of hydrogen-bond acceptors (Lipinski definition) is 5. The van der Waals surface area contributed by atoms with Crippen LogP contribution in [-0.2, 0) is 6.42 Å². The van der Waals surface area contributed by atoms with Gasteiger partial charge in [-0.1, -0.05) is 98.9 Å². The maximum Gasteiger partial charge on any atom is 0.138 e. The van der Waals surface area contributed by atoms with Gasteiger partial charge in [0.15, 0.2) is 0 Å². The fourth-order valence-electron chi connectivity index (χ4n) is 9.47. The predicted molar refractivity (Wildman–Crippen MR) is 201 cm³/mol. The monoisotopic (exact) mass is 649 g/mol. The maximum atomic E-state index is 7.18. The standard InChI is InChI=1S/C43H43N3OS/c1-25-19-20-32-36(23-25)46(29-15-7-4-8-16-29)35-22-21-31-30-17-10-14-28(39(30)47-40(31)37(32)35)24-34-42-38(33-18-9-11-26(2)41(33)48-42)45-43(44-34)27-12-5-3-6-13-27/h4-5,7-10,12-15,17-18,21-22,25-26,29,34-35,37H,3,6,11,16,19-20,23-24H2,1-2H3,(H,44,45). The Labute approximate surface area is 287 Å². The number of hydrogen-bond donors (Lipinski definition) is 1. The molecule has 0 amide bonds. The molecule has 0 fully saturated rings. The molecule has 242 valence electrons. The predicted octanol–water partition coefficient (Wildman–Crippen LogP) is 11.2. The van der Waals surface area contributed by atoms with Crippen molar-refractivity contribution in [1.29, 1.82) is 0 Å². The summed E-state index contributed by atoms with van der Waals surface area (Å²) in [4.78, 5) is 11.1. The highest BCUT2D eigenvalue weighted by atomic mass is 32.1. The van der Waals surface area contributed by atoms with Crippen LogP contribution in [0.25, 0.3) is 23.1 Å². The Morgan fingerprint density at radius 2 is 1.94 bits per heavy atom. The first-order valence-electron chi connectivity index (χ1n) is 18.2. The number of allylic oxidation sites excluding steroid dienone is 6. The summed E-state index contributed by atoms with van der Waals surface area (Å²) in [6.45, 7) is 4.79. The van der Waals surface area contributed by atoms with Gasteiger partial charge in [0.25, 0.3) is 0 Å². The number of nitrogens with one attached hydrogen (secondary N) is 1. The van der Waals surface area contributed by atoms with E-state index in [9.17, 15) is 0 Å². The molecule has 5 aliphatic carbocycles. The highest BCUT2D eigenvalue weighted by molar-refractivity contribution is 7.13. The zero-order valence-corrected chi connectivity index (χ0v) is 28.7. The lowest BCUT2D eigenvalue weighted by Gasteiger charge is -2.38. The van der Waals surface area contributed by atoms with Crippen LogP contribution in [0, 0.1) is 5.92 Å². The van der Waals surface area contributed by atoms with Gasteiger partial charge in [-0.2, -0.15) is 0 Å². The van der Waals surface area contributed by atoms with E-state index in [4.69, 9.17) is 9.41 Å². The van der Waals surface area contributed by atoms with Crippen molar-refractivity contribution < 1.29 is 4.42 Å². The first-order valence-corrected chi connectivity index (χ1v) is 19.0. The second-order valence-corrected chi connectivity index (χ2v) is 16.0. The SMILES string of the molecule is CC1CCC2=C(C1)N(C1C=CC=CC1)C1C=Cc3c(oc4c(CC5N=C(C6=CCCC=C6)Nc6c5sc5c6C=CCC5C)cccc34)C21. The molecule has 2 aromatic heterocycles. The molecule has 0 spiro atoms. The van der Waals surface area contributed by atoms with Crippen LogP contribution in [0.2, 0.25) is 0 Å². The van der Waals surface area contributed by atoms with Crippen LogP contribution in [0.3, 0.4) is 0 Å². The summed E-state index contributed by atoms with van der Waals surface area (Å²) < 4.78 is 7.18. The Balaban J connectivity index is 1.06. The highest BCUT2D eigenvalue weighted by Gasteiger charge is 2.47. The number of aliphatic imine (C=N–C) groups is 1. The molecule has 10 rings (SSSR count). The molecule has 0 radical (unpaired) electrons. The van der Waals surface area contributed by atoms with E-state index < -0.39 is 0 Å². The third kappa shape index (κ3) is 4.42. The number of para-hydroxylation sites is 1. The second kappa shape index (κ2) is 11.2. The maximum absolute atomic E-state index is 7.18. The molecule has 0 saturated carbocycles. The summed E-state index contributed by atoms with van der Waals surface area (Å²) in [6.07, 6.45) is 34.4. The number of nitrogens with zero attached hydrogens (tertiary/aromatic N) is 2. The van der Waals surface area contributed by atoms with Crippen LogP contribution in [0.1, 0.15) is 109 Å². The van der Waals surface area contributed by atoms with Crippen molar-refractivity contribution in [3.05, 3.63) is 122 Å². The number of furan rings is 1. The Morgan fingerprint density at radius 3 is 2.81 bits per heavy atom. The number of amidine groups is 1. The van der Waals surface area contributed by atoms with Crippen LogP contribution in [0.5, 0.6) is 0 Å². The quantitative estimate of drug-likeness (QED) is 0.306. The molecule has 1 N–H and O–H groups in total. The van der Waals surface area contributed by atoms with E-state index >= 15 is 0 Å². The lowest BCUT2D eigenvalue weighted by molar-refractivity contribution is 0.236. The molecule has 1 aromatic carbocycles. The van der Waals surface area contributed by atoms with Crippen LogP contribution < -0.4 is 5.32 Å². The molecule has 48 heavy (non-hydrogen) atoms. The van der Waals surface area contributed by atoms with Gasteiger partial charge in [0.2, 0.25) is 0 Å². The van der Waals surface area contributed by atoms with E-state index in [1.165, 1.54) is 68.1 Å². The lowest BCUT2D eigenvalue weighted by Crippen LogP contribution is -2.40. The van der Waals surface area contributed by atoms with Gasteiger partial charge in [-0.3, -0.25) is 4.99 Å². The first kappa shape index (κ1) is 28.9. The van der Waals surface area contributed by atoms with Crippen LogP contribution >= 0.6 is 11.3 Å². The molecule has 2 aliphatic heterocycles. The van der Waals surface area contributed by atoms with Crippen molar-refractivity contribution in [2.45, 2.75) is 95.2 Å². The zero-order chi connectivity index (χ0) is 31.9. The zero-order valence-electron chi connectivity index (χ0n) is 27.9. The normalized spacial score (nSPS) is 29.7. The number of benzene rings is 1. The van der Waals surface area contributed by atoms with E-state index in [-0.39, 0.29) is 6.04 Å². The largest absolute Gasteiger partial charge is 0.459 e. The first-order chi connectivity index (χ1) is 23.6. The molecule has 5 heteroatoms. The third-order valence-corrected chi connectivity index (χ3v) is 13.4. The summed E-state index contributed by atoms with van der Waals surface area (Å²) in [6, 6.07) is 7.59. The van der Waals surface area contributed by atoms with E-state index in [1.807, 2.05) is 11.3 Å². The topological polar surface area (TPSA) is 40.8 Å². The highest BCUT2D eigenvalue weighted by Crippen LogP contribution is 2.55. The molecule has 0 bridgehead atoms. The molecule has 6 atom stereocenters. The van der Waals surface area contributed by atoms with Gasteiger partial charge < -0.3 is 14.6 Å². The smallest absolute Gasteiger partial charge is 0.138 e. The Bertz CT molecular complexity index is 2090. The minimum atomic E-state index is 0.0435. The summed E-state index contributed by atoms with van der Waals surface area (Å²) in [5, 5.41) is 5.06. The molecular weight excluding hydrogens is 607 g/mol. The van der Waals surface area contributed by atoms with Crippen LogP contribution in [0.4, 0.5) is 5.69 Å². The molecule has 4 heterocycles. The average molecular weight is 650 g/mol. The number of rotatable bonds is 4. The molecule has 4 nitrogen and oxygen atoms in total. The Morgan fingerprint density at radius 1 is 0.979 bits per heavy atom. The minimum Gasteiger partial charge on any atom is -0.459 e.